The van der Waals surface area contributed by atoms with Crippen LogP contribution in [0.4, 0.5) is 32.0 Å². The maximum absolute atomic E-state index is 12.5. The van der Waals surface area contributed by atoms with Gasteiger partial charge in [0, 0.05) is 11.3 Å². The van der Waals surface area contributed by atoms with E-state index in [1.54, 1.807) is 5.32 Å². The van der Waals surface area contributed by atoms with Crippen molar-refractivity contribution in [2.45, 2.75) is 17.2 Å². The van der Waals surface area contributed by atoms with Gasteiger partial charge in [0.2, 0.25) is 0 Å². The van der Waals surface area contributed by atoms with Crippen molar-refractivity contribution >= 4 is 21.6 Å². The number of nitrogens with one attached hydrogen (secondary N) is 2. The Labute approximate surface area is 155 Å². The summed E-state index contributed by atoms with van der Waals surface area (Å²) in [6, 6.07) is 7.24. The number of alkyl halides is 6. The molecule has 2 rings (SSSR count). The van der Waals surface area contributed by atoms with Crippen molar-refractivity contribution in [2.24, 2.45) is 0 Å². The molecule has 0 radical (unpaired) electrons. The highest BCUT2D eigenvalue weighted by molar-refractivity contribution is 7.92. The van der Waals surface area contributed by atoms with Gasteiger partial charge in [0.1, 0.15) is 6.54 Å². The number of benzene rings is 2. The first kappa shape index (κ1) is 21.5. The van der Waals surface area contributed by atoms with Gasteiger partial charge >= 0.3 is 12.4 Å². The summed E-state index contributed by atoms with van der Waals surface area (Å²) in [5.74, 6) is -1.04. The molecule has 5 nitrogen and oxygen atoms in total. The minimum atomic E-state index is -4.59. The molecule has 152 valence electrons. The largest absolute Gasteiger partial charge is 0.416 e. The second-order valence-corrected chi connectivity index (χ2v) is 7.19. The van der Waals surface area contributed by atoms with Gasteiger partial charge in [-0.3, -0.25) is 9.52 Å². The first-order valence-electron chi connectivity index (χ1n) is 7.43. The van der Waals surface area contributed by atoms with E-state index < -0.39 is 40.4 Å². The molecule has 0 aliphatic rings. The number of hydrogen-bond donors (Lipinski definition) is 2. The third-order valence-electron chi connectivity index (χ3n) is 3.34. The summed E-state index contributed by atoms with van der Waals surface area (Å²) in [5, 5.41) is 1.63. The summed E-state index contributed by atoms with van der Waals surface area (Å²) in [4.78, 5) is 11.3. The van der Waals surface area contributed by atoms with Crippen LogP contribution in [0.3, 0.4) is 0 Å². The van der Waals surface area contributed by atoms with Crippen LogP contribution in [0.15, 0.2) is 53.4 Å². The van der Waals surface area contributed by atoms with Crippen LogP contribution in [-0.4, -0.2) is 27.0 Å². The Morgan fingerprint density at radius 1 is 0.857 bits per heavy atom. The highest BCUT2D eigenvalue weighted by Crippen LogP contribution is 2.30. The standard InChI is InChI=1S/C16H12F6N2O3S/c17-15(18,19)9-23-14(25)10-1-7-13(8-2-10)28(26,27)24-12-5-3-11(4-6-12)16(20,21)22/h1-8,24H,9H2,(H,23,25). The normalized spacial score (nSPS) is 12.5. The molecule has 0 aromatic heterocycles. The number of hydrogen-bond acceptors (Lipinski definition) is 3. The lowest BCUT2D eigenvalue weighted by Crippen LogP contribution is -2.33. The van der Waals surface area contributed by atoms with Gasteiger partial charge in [-0.2, -0.15) is 26.3 Å². The van der Waals surface area contributed by atoms with Crippen LogP contribution >= 0.6 is 0 Å². The average molecular weight is 426 g/mol. The molecule has 28 heavy (non-hydrogen) atoms. The monoisotopic (exact) mass is 426 g/mol. The minimum absolute atomic E-state index is 0.125. The number of carbonyl (C=O) groups excluding carboxylic acids is 1. The molecular weight excluding hydrogens is 414 g/mol. The van der Waals surface area contributed by atoms with Crippen LogP contribution in [0.2, 0.25) is 0 Å². The first-order valence-corrected chi connectivity index (χ1v) is 8.91. The van der Waals surface area contributed by atoms with Crippen molar-refractivity contribution in [1.29, 1.82) is 0 Å². The van der Waals surface area contributed by atoms with Gasteiger partial charge in [-0.25, -0.2) is 8.42 Å². The molecule has 0 aliphatic heterocycles. The lowest BCUT2D eigenvalue weighted by atomic mass is 10.2. The van der Waals surface area contributed by atoms with E-state index in [1.807, 2.05) is 0 Å². The van der Waals surface area contributed by atoms with E-state index in [0.717, 1.165) is 36.4 Å². The molecule has 0 saturated heterocycles. The Hall–Kier alpha value is -2.76. The topological polar surface area (TPSA) is 75.3 Å². The number of sulfonamides is 1. The van der Waals surface area contributed by atoms with Crippen molar-refractivity contribution in [2.75, 3.05) is 11.3 Å². The van der Waals surface area contributed by atoms with Gasteiger partial charge in [0.05, 0.1) is 10.5 Å². The fraction of sp³-hybridized carbons (Fsp3) is 0.188. The number of anilines is 1. The summed E-state index contributed by atoms with van der Waals surface area (Å²) >= 11 is 0. The molecule has 1 amide bonds. The third-order valence-corrected chi connectivity index (χ3v) is 4.74. The zero-order chi connectivity index (χ0) is 21.2. The lowest BCUT2D eigenvalue weighted by Gasteiger charge is -2.11. The maximum atomic E-state index is 12.5. The molecule has 12 heteroatoms. The molecule has 0 atom stereocenters. The van der Waals surface area contributed by atoms with Crippen LogP contribution in [0.5, 0.6) is 0 Å². The van der Waals surface area contributed by atoms with E-state index in [-0.39, 0.29) is 16.1 Å². The SMILES string of the molecule is O=C(NCC(F)(F)F)c1ccc(S(=O)(=O)Nc2ccc(C(F)(F)F)cc2)cc1. The van der Waals surface area contributed by atoms with E-state index >= 15 is 0 Å². The predicted molar refractivity (Wildman–Crippen MR) is 87.1 cm³/mol. The molecule has 0 saturated carbocycles. The van der Waals surface area contributed by atoms with E-state index in [9.17, 15) is 39.6 Å². The summed E-state index contributed by atoms with van der Waals surface area (Å²) in [7, 11) is -4.18. The molecule has 2 N–H and O–H groups in total. The number of carbonyl (C=O) groups is 1. The van der Waals surface area contributed by atoms with E-state index in [1.165, 1.54) is 0 Å². The number of amides is 1. The summed E-state index contributed by atoms with van der Waals surface area (Å²) in [6.45, 7) is -1.54. The van der Waals surface area contributed by atoms with E-state index in [0.29, 0.717) is 12.1 Å². The third kappa shape index (κ3) is 5.87. The molecule has 0 spiro atoms. The molecule has 0 bridgehead atoms. The highest BCUT2D eigenvalue weighted by atomic mass is 32.2. The van der Waals surface area contributed by atoms with Gasteiger partial charge in [0.15, 0.2) is 0 Å². The zero-order valence-corrected chi connectivity index (χ0v) is 14.5. The molecule has 2 aromatic carbocycles. The quantitative estimate of drug-likeness (QED) is 0.715. The summed E-state index contributed by atoms with van der Waals surface area (Å²) in [6.07, 6.45) is -9.16. The van der Waals surface area contributed by atoms with Gasteiger partial charge in [0.25, 0.3) is 15.9 Å². The number of halogens is 6. The summed E-state index contributed by atoms with van der Waals surface area (Å²) < 4.78 is 100. The maximum Gasteiger partial charge on any atom is 0.416 e. The van der Waals surface area contributed by atoms with Crippen LogP contribution in [-0.2, 0) is 16.2 Å². The second kappa shape index (κ2) is 7.70. The van der Waals surface area contributed by atoms with Crippen LogP contribution in [0.1, 0.15) is 15.9 Å². The Morgan fingerprint density at radius 2 is 1.39 bits per heavy atom. The molecule has 0 fully saturated rings. The predicted octanol–water partition coefficient (Wildman–Crippen LogP) is 3.80. The zero-order valence-electron chi connectivity index (χ0n) is 13.7. The Kier molecular flexibility index (Phi) is 5.92. The average Bonchev–Trinajstić information content (AvgIpc) is 2.58. The Morgan fingerprint density at radius 3 is 1.86 bits per heavy atom. The van der Waals surface area contributed by atoms with Gasteiger partial charge in [-0.1, -0.05) is 0 Å². The number of rotatable bonds is 5. The smallest absolute Gasteiger partial charge is 0.343 e. The van der Waals surface area contributed by atoms with Crippen molar-refractivity contribution < 1.29 is 39.6 Å². The van der Waals surface area contributed by atoms with Crippen molar-refractivity contribution in [1.82, 2.24) is 5.32 Å². The Bertz CT molecular complexity index is 936. The van der Waals surface area contributed by atoms with Crippen LogP contribution in [0, 0.1) is 0 Å². The Balaban J connectivity index is 2.10. The molecule has 0 heterocycles. The van der Waals surface area contributed by atoms with Crippen LogP contribution in [0.25, 0.3) is 0 Å². The molecule has 2 aromatic rings. The van der Waals surface area contributed by atoms with Gasteiger partial charge in [-0.15, -0.1) is 0 Å². The highest BCUT2D eigenvalue weighted by Gasteiger charge is 2.30. The van der Waals surface area contributed by atoms with E-state index in [2.05, 4.69) is 4.72 Å². The molecule has 0 aliphatic carbocycles. The van der Waals surface area contributed by atoms with Crippen molar-refractivity contribution in [3.63, 3.8) is 0 Å². The van der Waals surface area contributed by atoms with Crippen molar-refractivity contribution in [3.8, 4) is 0 Å². The fourth-order valence-corrected chi connectivity index (χ4v) is 3.07. The van der Waals surface area contributed by atoms with Crippen LogP contribution < -0.4 is 10.0 Å². The molecular formula is C16H12F6N2O3S. The molecule has 0 unspecified atom stereocenters. The fourth-order valence-electron chi connectivity index (χ4n) is 2.01. The van der Waals surface area contributed by atoms with E-state index in [4.69, 9.17) is 0 Å². The minimum Gasteiger partial charge on any atom is -0.343 e. The van der Waals surface area contributed by atoms with Gasteiger partial charge in [-0.05, 0) is 48.5 Å². The van der Waals surface area contributed by atoms with Gasteiger partial charge < -0.3 is 5.32 Å². The second-order valence-electron chi connectivity index (χ2n) is 5.50. The summed E-state index contributed by atoms with van der Waals surface area (Å²) in [5.41, 5.74) is -1.28. The lowest BCUT2D eigenvalue weighted by molar-refractivity contribution is -0.137. The van der Waals surface area contributed by atoms with Crippen molar-refractivity contribution in [3.05, 3.63) is 59.7 Å². The first-order chi connectivity index (χ1) is 12.8.